The third kappa shape index (κ3) is 2.78. The van der Waals surface area contributed by atoms with Crippen molar-refractivity contribution in [2.45, 2.75) is 26.2 Å². The van der Waals surface area contributed by atoms with Crippen LogP contribution in [-0.4, -0.2) is 19.9 Å². The van der Waals surface area contributed by atoms with Crippen molar-refractivity contribution in [2.75, 3.05) is 19.0 Å². The molecule has 2 heteroatoms. The van der Waals surface area contributed by atoms with Gasteiger partial charge in [0.25, 0.3) is 0 Å². The summed E-state index contributed by atoms with van der Waals surface area (Å²) in [7, 11) is 4.08. The molecule has 0 aliphatic heterocycles. The molecule has 2 unspecified atom stereocenters. The quantitative estimate of drug-likeness (QED) is 0.781. The Morgan fingerprint density at radius 3 is 2.27 bits per heavy atom. The maximum atomic E-state index is 12.6. The second kappa shape index (κ2) is 5.60. The third-order valence-corrected chi connectivity index (χ3v) is 4.76. The number of rotatable bonds is 4. The largest absolute Gasteiger partial charge is 0.378 e. The van der Waals surface area contributed by atoms with Crippen LogP contribution in [0.4, 0.5) is 5.69 Å². The number of aryl methyl sites for hydroxylation is 2. The fraction of sp³-hybridized carbons (Fsp3) is 0.350. The molecule has 0 N–H and O–H groups in total. The van der Waals surface area contributed by atoms with Gasteiger partial charge < -0.3 is 4.90 Å². The van der Waals surface area contributed by atoms with E-state index in [0.29, 0.717) is 11.7 Å². The first-order valence-corrected chi connectivity index (χ1v) is 7.86. The Labute approximate surface area is 132 Å². The Kier molecular flexibility index (Phi) is 3.78. The van der Waals surface area contributed by atoms with Crippen LogP contribution in [0.1, 0.15) is 39.4 Å². The molecule has 0 amide bonds. The van der Waals surface area contributed by atoms with Crippen molar-refractivity contribution in [2.24, 2.45) is 5.92 Å². The number of nitrogens with zero attached hydrogens (tertiary/aromatic N) is 1. The molecule has 114 valence electrons. The average Bonchev–Trinajstić information content (AvgIpc) is 3.30. The topological polar surface area (TPSA) is 20.3 Å². The van der Waals surface area contributed by atoms with Crippen LogP contribution >= 0.6 is 0 Å². The van der Waals surface area contributed by atoms with Crippen molar-refractivity contribution in [1.29, 1.82) is 0 Å². The molecule has 2 atom stereocenters. The second-order valence-corrected chi connectivity index (χ2v) is 6.60. The summed E-state index contributed by atoms with van der Waals surface area (Å²) >= 11 is 0. The molecule has 0 radical (unpaired) electrons. The Morgan fingerprint density at radius 1 is 1.00 bits per heavy atom. The Hall–Kier alpha value is -2.09. The molecule has 0 spiro atoms. The fourth-order valence-electron chi connectivity index (χ4n) is 2.98. The first kappa shape index (κ1) is 14.8. The average molecular weight is 293 g/mol. The number of Topliss-reactive ketones (excluding diaryl/α,β-unsaturated/α-hetero) is 1. The maximum absolute atomic E-state index is 12.6. The van der Waals surface area contributed by atoms with E-state index < -0.39 is 0 Å². The molecule has 1 saturated carbocycles. The SMILES string of the molecule is Cc1ccc(C(=O)C2CC2c2ccc(N(C)C)cc2)cc1C. The summed E-state index contributed by atoms with van der Waals surface area (Å²) in [6.45, 7) is 4.15. The molecule has 2 nitrogen and oxygen atoms in total. The smallest absolute Gasteiger partial charge is 0.166 e. The summed E-state index contributed by atoms with van der Waals surface area (Å²) in [6.07, 6.45) is 0.979. The first-order chi connectivity index (χ1) is 10.5. The molecule has 2 aromatic rings. The molecule has 0 aromatic heterocycles. The first-order valence-electron chi connectivity index (χ1n) is 7.86. The number of carbonyl (C=O) groups excluding carboxylic acids is 1. The monoisotopic (exact) mass is 293 g/mol. The van der Waals surface area contributed by atoms with Gasteiger partial charge in [-0.15, -0.1) is 0 Å². The van der Waals surface area contributed by atoms with E-state index in [2.05, 4.69) is 43.0 Å². The molecule has 0 bridgehead atoms. The zero-order valence-electron chi connectivity index (χ0n) is 13.8. The van der Waals surface area contributed by atoms with Crippen LogP contribution < -0.4 is 4.90 Å². The number of ketones is 1. The van der Waals surface area contributed by atoms with Crippen LogP contribution in [-0.2, 0) is 0 Å². The third-order valence-electron chi connectivity index (χ3n) is 4.76. The minimum Gasteiger partial charge on any atom is -0.378 e. The van der Waals surface area contributed by atoms with Gasteiger partial charge in [-0.3, -0.25) is 4.79 Å². The van der Waals surface area contributed by atoms with Gasteiger partial charge >= 0.3 is 0 Å². The number of carbonyl (C=O) groups is 1. The summed E-state index contributed by atoms with van der Waals surface area (Å²) in [5.41, 5.74) is 5.77. The minimum atomic E-state index is 0.160. The predicted octanol–water partition coefficient (Wildman–Crippen LogP) is 4.36. The molecular weight excluding hydrogens is 270 g/mol. The lowest BCUT2D eigenvalue weighted by atomic mass is 9.99. The molecule has 0 saturated heterocycles. The number of hydrogen-bond donors (Lipinski definition) is 0. The minimum absolute atomic E-state index is 0.160. The van der Waals surface area contributed by atoms with E-state index in [9.17, 15) is 4.79 Å². The van der Waals surface area contributed by atoms with Gasteiger partial charge in [-0.25, -0.2) is 0 Å². The second-order valence-electron chi connectivity index (χ2n) is 6.60. The molecule has 1 aliphatic rings. The highest BCUT2D eigenvalue weighted by atomic mass is 16.1. The Bertz CT molecular complexity index is 700. The Morgan fingerprint density at radius 2 is 1.68 bits per heavy atom. The van der Waals surface area contributed by atoms with Crippen LogP contribution in [0.5, 0.6) is 0 Å². The van der Waals surface area contributed by atoms with Crippen molar-refractivity contribution in [3.63, 3.8) is 0 Å². The van der Waals surface area contributed by atoms with Crippen molar-refractivity contribution < 1.29 is 4.79 Å². The molecule has 0 heterocycles. The van der Waals surface area contributed by atoms with E-state index in [1.54, 1.807) is 0 Å². The molecule has 3 rings (SSSR count). The van der Waals surface area contributed by atoms with E-state index in [1.165, 1.54) is 22.4 Å². The standard InChI is InChI=1S/C20H23NO/c1-13-5-6-16(11-14(13)2)20(22)19-12-18(19)15-7-9-17(10-8-15)21(3)4/h5-11,18-19H,12H2,1-4H3. The molecular formula is C20H23NO. The molecule has 1 aliphatic carbocycles. The lowest BCUT2D eigenvalue weighted by molar-refractivity contribution is 0.0965. The van der Waals surface area contributed by atoms with Crippen LogP contribution in [0.25, 0.3) is 0 Å². The van der Waals surface area contributed by atoms with Gasteiger partial charge in [0.05, 0.1) is 0 Å². The van der Waals surface area contributed by atoms with Crippen molar-refractivity contribution >= 4 is 11.5 Å². The number of benzene rings is 2. The van der Waals surface area contributed by atoms with E-state index in [-0.39, 0.29) is 5.92 Å². The van der Waals surface area contributed by atoms with Gasteiger partial charge in [-0.2, -0.15) is 0 Å². The van der Waals surface area contributed by atoms with Crippen LogP contribution in [0.15, 0.2) is 42.5 Å². The van der Waals surface area contributed by atoms with E-state index in [1.807, 2.05) is 32.3 Å². The van der Waals surface area contributed by atoms with E-state index in [0.717, 1.165) is 12.0 Å². The molecule has 2 aromatic carbocycles. The van der Waals surface area contributed by atoms with Crippen LogP contribution in [0.2, 0.25) is 0 Å². The van der Waals surface area contributed by atoms with Crippen molar-refractivity contribution in [3.8, 4) is 0 Å². The summed E-state index contributed by atoms with van der Waals surface area (Å²) in [5, 5.41) is 0. The highest BCUT2D eigenvalue weighted by Crippen LogP contribution is 2.49. The fourth-order valence-corrected chi connectivity index (χ4v) is 2.98. The van der Waals surface area contributed by atoms with Crippen LogP contribution in [0, 0.1) is 19.8 Å². The summed E-state index contributed by atoms with van der Waals surface area (Å²) in [5.74, 6) is 0.849. The van der Waals surface area contributed by atoms with E-state index in [4.69, 9.17) is 0 Å². The summed E-state index contributed by atoms with van der Waals surface area (Å²) < 4.78 is 0. The molecule has 22 heavy (non-hydrogen) atoms. The van der Waals surface area contributed by atoms with Crippen molar-refractivity contribution in [3.05, 3.63) is 64.7 Å². The van der Waals surface area contributed by atoms with Gasteiger partial charge in [0.1, 0.15) is 0 Å². The van der Waals surface area contributed by atoms with Gasteiger partial charge in [0, 0.05) is 31.3 Å². The summed E-state index contributed by atoms with van der Waals surface area (Å²) in [4.78, 5) is 14.7. The lowest BCUT2D eigenvalue weighted by Gasteiger charge is -2.12. The van der Waals surface area contributed by atoms with Gasteiger partial charge in [0.15, 0.2) is 5.78 Å². The lowest BCUT2D eigenvalue weighted by Crippen LogP contribution is -2.08. The Balaban J connectivity index is 1.73. The van der Waals surface area contributed by atoms with Gasteiger partial charge in [0.2, 0.25) is 0 Å². The van der Waals surface area contributed by atoms with Crippen LogP contribution in [0.3, 0.4) is 0 Å². The summed E-state index contributed by atoms with van der Waals surface area (Å²) in [6, 6.07) is 14.6. The predicted molar refractivity (Wildman–Crippen MR) is 91.9 cm³/mol. The van der Waals surface area contributed by atoms with Gasteiger partial charge in [-0.1, -0.05) is 24.3 Å². The highest BCUT2D eigenvalue weighted by Gasteiger charge is 2.43. The maximum Gasteiger partial charge on any atom is 0.166 e. The number of anilines is 1. The zero-order chi connectivity index (χ0) is 15.9. The van der Waals surface area contributed by atoms with E-state index >= 15 is 0 Å². The number of hydrogen-bond acceptors (Lipinski definition) is 2. The van der Waals surface area contributed by atoms with Gasteiger partial charge in [-0.05, 0) is 61.1 Å². The normalized spacial score (nSPS) is 19.8. The highest BCUT2D eigenvalue weighted by molar-refractivity contribution is 6.00. The zero-order valence-corrected chi connectivity index (χ0v) is 13.8. The molecule has 1 fully saturated rings. The van der Waals surface area contributed by atoms with Crippen molar-refractivity contribution in [1.82, 2.24) is 0 Å².